The van der Waals surface area contributed by atoms with Gasteiger partial charge in [-0.25, -0.2) is 4.98 Å². The average Bonchev–Trinajstić information content (AvgIpc) is 3.57. The lowest BCUT2D eigenvalue weighted by atomic mass is 9.88. The van der Waals surface area contributed by atoms with Gasteiger partial charge in [0.1, 0.15) is 5.92 Å². The zero-order valence-electron chi connectivity index (χ0n) is 19.5. The van der Waals surface area contributed by atoms with Crippen molar-refractivity contribution in [3.63, 3.8) is 0 Å². The van der Waals surface area contributed by atoms with Gasteiger partial charge in [-0.3, -0.25) is 19.3 Å². The second-order valence-electron chi connectivity index (χ2n) is 8.34. The maximum absolute atomic E-state index is 13.5. The van der Waals surface area contributed by atoms with Crippen molar-refractivity contribution in [2.75, 3.05) is 19.1 Å². The van der Waals surface area contributed by atoms with Gasteiger partial charge in [0, 0.05) is 0 Å². The Morgan fingerprint density at radius 1 is 1.03 bits per heavy atom. The molecule has 178 valence electrons. The number of hydrogen-bond acceptors (Lipinski definition) is 8. The number of ether oxygens (including phenoxy) is 2. The molecular formula is C26H22N2O5S2. The number of aromatic nitrogens is 1. The number of anilines is 1. The largest absolute Gasteiger partial charge is 0.493 e. The Labute approximate surface area is 209 Å². The van der Waals surface area contributed by atoms with E-state index in [0.717, 1.165) is 21.3 Å². The summed E-state index contributed by atoms with van der Waals surface area (Å²) in [6, 6.07) is 11.7. The molecule has 35 heavy (non-hydrogen) atoms. The van der Waals surface area contributed by atoms with Gasteiger partial charge in [-0.1, -0.05) is 29.5 Å². The molecule has 2 atom stereocenters. The van der Waals surface area contributed by atoms with Gasteiger partial charge < -0.3 is 9.47 Å². The van der Waals surface area contributed by atoms with E-state index in [-0.39, 0.29) is 5.78 Å². The minimum Gasteiger partial charge on any atom is -0.493 e. The van der Waals surface area contributed by atoms with E-state index in [1.807, 2.05) is 26.0 Å². The molecule has 4 aromatic rings. The summed E-state index contributed by atoms with van der Waals surface area (Å²) in [4.78, 5) is 46.8. The number of fused-ring (bicyclic) bond motifs is 1. The molecule has 1 saturated heterocycles. The minimum atomic E-state index is -1.20. The predicted octanol–water partition coefficient (Wildman–Crippen LogP) is 5.15. The number of carbonyl (C=O) groups excluding carboxylic acids is 3. The van der Waals surface area contributed by atoms with Gasteiger partial charge in [0.05, 0.1) is 35.4 Å². The molecular weight excluding hydrogens is 484 g/mol. The van der Waals surface area contributed by atoms with Crippen LogP contribution >= 0.6 is 22.7 Å². The first kappa shape index (κ1) is 23.2. The molecule has 5 rings (SSSR count). The molecule has 1 aliphatic heterocycles. The Hall–Kier alpha value is -3.56. The lowest BCUT2D eigenvalue weighted by Gasteiger charge is -2.25. The van der Waals surface area contributed by atoms with Crippen molar-refractivity contribution in [1.29, 1.82) is 0 Å². The van der Waals surface area contributed by atoms with Crippen LogP contribution in [0.5, 0.6) is 11.5 Å². The van der Waals surface area contributed by atoms with E-state index >= 15 is 0 Å². The van der Waals surface area contributed by atoms with E-state index in [9.17, 15) is 14.4 Å². The highest BCUT2D eigenvalue weighted by Gasteiger charge is 2.53. The van der Waals surface area contributed by atoms with Crippen LogP contribution in [-0.2, 0) is 9.59 Å². The maximum Gasteiger partial charge on any atom is 0.297 e. The molecule has 1 amide bonds. The highest BCUT2D eigenvalue weighted by atomic mass is 32.1. The topological polar surface area (TPSA) is 85.8 Å². The number of benzene rings is 2. The molecule has 2 aromatic heterocycles. The fourth-order valence-corrected chi connectivity index (χ4v) is 6.43. The van der Waals surface area contributed by atoms with Gasteiger partial charge in [-0.15, -0.1) is 11.3 Å². The maximum atomic E-state index is 13.5. The summed E-state index contributed by atoms with van der Waals surface area (Å²) in [5, 5.41) is 2.16. The number of thiazole rings is 1. The van der Waals surface area contributed by atoms with Crippen LogP contribution in [0, 0.1) is 19.8 Å². The number of nitrogens with zero attached hydrogens (tertiary/aromatic N) is 2. The van der Waals surface area contributed by atoms with Crippen molar-refractivity contribution in [2.24, 2.45) is 5.92 Å². The van der Waals surface area contributed by atoms with Crippen LogP contribution in [0.3, 0.4) is 0 Å². The first-order valence-corrected chi connectivity index (χ1v) is 12.6. The molecule has 0 saturated carbocycles. The molecule has 7 nitrogen and oxygen atoms in total. The number of rotatable bonds is 6. The molecule has 2 aromatic carbocycles. The Morgan fingerprint density at radius 3 is 2.49 bits per heavy atom. The normalized spacial score (nSPS) is 17.9. The summed E-state index contributed by atoms with van der Waals surface area (Å²) in [5.41, 5.74) is 3.42. The van der Waals surface area contributed by atoms with Gasteiger partial charge in [0.15, 0.2) is 22.4 Å². The van der Waals surface area contributed by atoms with Gasteiger partial charge in [0.25, 0.3) is 5.91 Å². The van der Waals surface area contributed by atoms with Crippen LogP contribution in [0.2, 0.25) is 0 Å². The van der Waals surface area contributed by atoms with Crippen molar-refractivity contribution >= 4 is 55.5 Å². The minimum absolute atomic E-state index is 0.381. The summed E-state index contributed by atoms with van der Waals surface area (Å²) in [6.45, 7) is 3.96. The lowest BCUT2D eigenvalue weighted by molar-refractivity contribution is -0.135. The SMILES string of the molecule is COc1ccc(C2C(C(=O)c3cccs3)C(=O)C(=O)N2c2nc3c(C)cc(C)cc3s2)cc1OC. The molecule has 0 aliphatic carbocycles. The summed E-state index contributed by atoms with van der Waals surface area (Å²) in [6.07, 6.45) is 0. The van der Waals surface area contributed by atoms with E-state index in [2.05, 4.69) is 0 Å². The molecule has 0 radical (unpaired) electrons. The number of aryl methyl sites for hydroxylation is 2. The van der Waals surface area contributed by atoms with Crippen LogP contribution < -0.4 is 14.4 Å². The molecule has 0 N–H and O–H groups in total. The first-order valence-electron chi connectivity index (χ1n) is 10.9. The van der Waals surface area contributed by atoms with E-state index in [1.165, 1.54) is 41.8 Å². The van der Waals surface area contributed by atoms with E-state index < -0.39 is 23.7 Å². The van der Waals surface area contributed by atoms with Crippen molar-refractivity contribution in [1.82, 2.24) is 4.98 Å². The van der Waals surface area contributed by atoms with Gasteiger partial charge >= 0.3 is 0 Å². The van der Waals surface area contributed by atoms with Crippen LogP contribution in [0.4, 0.5) is 5.13 Å². The van der Waals surface area contributed by atoms with Crippen molar-refractivity contribution in [3.05, 3.63) is 69.4 Å². The highest BCUT2D eigenvalue weighted by Crippen LogP contribution is 2.45. The van der Waals surface area contributed by atoms with E-state index in [0.29, 0.717) is 27.1 Å². The molecule has 3 heterocycles. The first-order chi connectivity index (χ1) is 16.8. The standard InChI is InChI=1S/C26H22N2O5S2/c1-13-10-14(2)21-19(11-13)35-26(27-21)28-22(15-7-8-16(32-3)17(12-15)33-4)20(24(30)25(28)31)23(29)18-6-5-9-34-18/h5-12,20,22H,1-4H3. The second-order valence-corrected chi connectivity index (χ2v) is 10.3. The third-order valence-corrected chi connectivity index (χ3v) is 8.01. The molecule has 0 bridgehead atoms. The molecule has 1 aliphatic rings. The number of carbonyl (C=O) groups is 3. The Morgan fingerprint density at radius 2 is 1.80 bits per heavy atom. The summed E-state index contributed by atoms with van der Waals surface area (Å²) in [7, 11) is 3.04. The second kappa shape index (κ2) is 8.90. The number of thiophene rings is 1. The Balaban J connectivity index is 1.70. The summed E-state index contributed by atoms with van der Waals surface area (Å²) in [5.74, 6) is -2.12. The molecule has 2 unspecified atom stereocenters. The number of hydrogen-bond donors (Lipinski definition) is 0. The number of methoxy groups -OCH3 is 2. The third kappa shape index (κ3) is 3.81. The monoisotopic (exact) mass is 506 g/mol. The third-order valence-electron chi connectivity index (χ3n) is 6.13. The summed E-state index contributed by atoms with van der Waals surface area (Å²) >= 11 is 2.58. The van der Waals surface area contributed by atoms with Gasteiger partial charge in [0.2, 0.25) is 5.78 Å². The van der Waals surface area contributed by atoms with E-state index in [4.69, 9.17) is 14.5 Å². The zero-order valence-corrected chi connectivity index (χ0v) is 21.2. The Kier molecular flexibility index (Phi) is 5.90. The lowest BCUT2D eigenvalue weighted by Crippen LogP contribution is -2.30. The van der Waals surface area contributed by atoms with Crippen molar-refractivity contribution < 1.29 is 23.9 Å². The number of ketones is 2. The zero-order chi connectivity index (χ0) is 24.9. The van der Waals surface area contributed by atoms with Crippen LogP contribution in [-0.4, -0.2) is 36.7 Å². The molecule has 0 spiro atoms. The summed E-state index contributed by atoms with van der Waals surface area (Å²) < 4.78 is 11.7. The molecule has 1 fully saturated rings. The number of amides is 1. The van der Waals surface area contributed by atoms with Crippen LogP contribution in [0.15, 0.2) is 47.8 Å². The fraction of sp³-hybridized carbons (Fsp3) is 0.231. The number of Topliss-reactive ketones (excluding diaryl/α,β-unsaturated/α-hetero) is 2. The van der Waals surface area contributed by atoms with Crippen LogP contribution in [0.1, 0.15) is 32.4 Å². The van der Waals surface area contributed by atoms with Gasteiger partial charge in [-0.05, 0) is 60.2 Å². The quantitative estimate of drug-likeness (QED) is 0.204. The van der Waals surface area contributed by atoms with Crippen LogP contribution in [0.25, 0.3) is 10.2 Å². The fourth-order valence-electron chi connectivity index (χ4n) is 4.55. The molecule has 9 heteroatoms. The van der Waals surface area contributed by atoms with Gasteiger partial charge in [-0.2, -0.15) is 0 Å². The predicted molar refractivity (Wildman–Crippen MR) is 136 cm³/mol. The highest BCUT2D eigenvalue weighted by molar-refractivity contribution is 7.22. The Bertz CT molecular complexity index is 1470. The van der Waals surface area contributed by atoms with Crippen molar-refractivity contribution in [2.45, 2.75) is 19.9 Å². The van der Waals surface area contributed by atoms with Crippen molar-refractivity contribution in [3.8, 4) is 11.5 Å². The smallest absolute Gasteiger partial charge is 0.297 e. The van der Waals surface area contributed by atoms with E-state index in [1.54, 1.807) is 35.7 Å². The average molecular weight is 507 g/mol.